The second kappa shape index (κ2) is 5.03. The summed E-state index contributed by atoms with van der Waals surface area (Å²) in [5.41, 5.74) is 0. The molecule has 0 aliphatic carbocycles. The fraction of sp³-hybridized carbons (Fsp3) is 0.800. The number of aliphatic hydroxyl groups is 2. The summed E-state index contributed by atoms with van der Waals surface area (Å²) in [6.45, 7) is 3.96. The summed E-state index contributed by atoms with van der Waals surface area (Å²) in [6.07, 6.45) is -0.686. The highest BCUT2D eigenvalue weighted by molar-refractivity contribution is 4.36. The maximum atomic E-state index is 8.19. The lowest BCUT2D eigenvalue weighted by Gasteiger charge is -2.01. The topological polar surface area (TPSA) is 49.7 Å². The number of ether oxygens (including phenoxy) is 1. The summed E-state index contributed by atoms with van der Waals surface area (Å²) < 4.78 is 4.68. The number of aliphatic hydroxyl groups excluding tert-OH is 1. The average Bonchev–Trinajstić information content (AvgIpc) is 1.66. The Balaban J connectivity index is 2.72. The molecule has 2 N–H and O–H groups in total. The van der Waals surface area contributed by atoms with Crippen molar-refractivity contribution in [2.45, 2.75) is 12.7 Å². The van der Waals surface area contributed by atoms with Crippen molar-refractivity contribution in [1.82, 2.24) is 0 Å². The molecule has 0 fully saturated rings. The molecule has 0 amide bonds. The average molecular weight is 119 g/mol. The summed E-state index contributed by atoms with van der Waals surface area (Å²) >= 11 is 0. The van der Waals surface area contributed by atoms with Gasteiger partial charge in [0.15, 0.2) is 6.29 Å². The van der Waals surface area contributed by atoms with E-state index in [1.807, 2.05) is 0 Å². The van der Waals surface area contributed by atoms with E-state index in [0.717, 1.165) is 0 Å². The fourth-order valence-corrected chi connectivity index (χ4v) is 0.291. The predicted octanol–water partition coefficient (Wildman–Crippen LogP) is -0.462. The van der Waals surface area contributed by atoms with Crippen LogP contribution < -0.4 is 0 Å². The van der Waals surface area contributed by atoms with Crippen LogP contribution in [0.2, 0.25) is 0 Å². The van der Waals surface area contributed by atoms with Crippen LogP contribution in [-0.2, 0) is 4.74 Å². The third-order valence-corrected chi connectivity index (χ3v) is 0.556. The summed E-state index contributed by atoms with van der Waals surface area (Å²) in [5.74, 6) is 0. The van der Waals surface area contributed by atoms with E-state index in [2.05, 4.69) is 11.7 Å². The van der Waals surface area contributed by atoms with Crippen molar-refractivity contribution in [1.29, 1.82) is 0 Å². The first-order chi connectivity index (χ1) is 3.77. The van der Waals surface area contributed by atoms with Crippen LogP contribution >= 0.6 is 0 Å². The van der Waals surface area contributed by atoms with Crippen LogP contribution in [0.5, 0.6) is 0 Å². The van der Waals surface area contributed by atoms with Crippen molar-refractivity contribution in [3.05, 3.63) is 6.92 Å². The lowest BCUT2D eigenvalue weighted by molar-refractivity contribution is -0.0939. The van der Waals surface area contributed by atoms with Gasteiger partial charge in [0.1, 0.15) is 0 Å². The maximum absolute atomic E-state index is 8.19. The van der Waals surface area contributed by atoms with Gasteiger partial charge in [0.05, 0.1) is 6.61 Å². The zero-order chi connectivity index (χ0) is 6.41. The van der Waals surface area contributed by atoms with E-state index in [9.17, 15) is 0 Å². The Morgan fingerprint density at radius 2 is 2.12 bits per heavy atom. The second-order valence-electron chi connectivity index (χ2n) is 1.41. The molecule has 0 aromatic carbocycles. The van der Waals surface area contributed by atoms with Crippen molar-refractivity contribution in [3.8, 4) is 0 Å². The Labute approximate surface area is 48.9 Å². The third kappa shape index (κ3) is 5.88. The van der Waals surface area contributed by atoms with Crippen LogP contribution in [-0.4, -0.2) is 29.7 Å². The van der Waals surface area contributed by atoms with Gasteiger partial charge in [-0.25, -0.2) is 0 Å². The monoisotopic (exact) mass is 119 g/mol. The van der Waals surface area contributed by atoms with Crippen molar-refractivity contribution >= 4 is 0 Å². The molecule has 0 aromatic rings. The highest BCUT2D eigenvalue weighted by Gasteiger charge is 1.93. The molecule has 49 valence electrons. The molecule has 3 nitrogen and oxygen atoms in total. The van der Waals surface area contributed by atoms with E-state index in [-0.39, 0.29) is 6.61 Å². The summed E-state index contributed by atoms with van der Waals surface area (Å²) in [5, 5.41) is 16.4. The van der Waals surface area contributed by atoms with Crippen molar-refractivity contribution < 1.29 is 14.9 Å². The molecule has 0 saturated carbocycles. The van der Waals surface area contributed by atoms with Gasteiger partial charge in [-0.15, -0.1) is 0 Å². The van der Waals surface area contributed by atoms with Gasteiger partial charge in [-0.1, -0.05) is 6.92 Å². The van der Waals surface area contributed by atoms with Crippen LogP contribution in [0.1, 0.15) is 6.42 Å². The van der Waals surface area contributed by atoms with Crippen LogP contribution in [0.25, 0.3) is 0 Å². The van der Waals surface area contributed by atoms with Gasteiger partial charge in [0.25, 0.3) is 0 Å². The Bertz CT molecular complexity index is 44.9. The molecule has 0 aromatic heterocycles. The molecule has 0 heterocycles. The normalized spacial score (nSPS) is 10.5. The maximum Gasteiger partial charge on any atom is 0.175 e. The minimum Gasteiger partial charge on any atom is -0.376 e. The lowest BCUT2D eigenvalue weighted by Crippen LogP contribution is -2.13. The molecular weight excluding hydrogens is 108 g/mol. The molecule has 1 radical (unpaired) electrons. The van der Waals surface area contributed by atoms with Crippen molar-refractivity contribution in [3.63, 3.8) is 0 Å². The first-order valence-electron chi connectivity index (χ1n) is 2.50. The SMILES string of the molecule is [CH2]CCOCC(O)O. The Morgan fingerprint density at radius 3 is 2.50 bits per heavy atom. The molecule has 0 saturated heterocycles. The quantitative estimate of drug-likeness (QED) is 0.389. The zero-order valence-corrected chi connectivity index (χ0v) is 4.71. The van der Waals surface area contributed by atoms with E-state index < -0.39 is 6.29 Å². The van der Waals surface area contributed by atoms with Gasteiger partial charge >= 0.3 is 0 Å². The standard InChI is InChI=1S/C5H11O3/c1-2-3-8-4-5(6)7/h5-7H,1-4H2. The first-order valence-corrected chi connectivity index (χ1v) is 2.50. The largest absolute Gasteiger partial charge is 0.376 e. The van der Waals surface area contributed by atoms with E-state index in [0.29, 0.717) is 13.0 Å². The minimum atomic E-state index is -1.35. The minimum absolute atomic E-state index is 0.0183. The molecular formula is C5H11O3. The fourth-order valence-electron chi connectivity index (χ4n) is 0.291. The third-order valence-electron chi connectivity index (χ3n) is 0.556. The van der Waals surface area contributed by atoms with Gasteiger partial charge in [-0.3, -0.25) is 0 Å². The van der Waals surface area contributed by atoms with Crippen molar-refractivity contribution in [2.75, 3.05) is 13.2 Å². The molecule has 0 spiro atoms. The molecule has 3 heteroatoms. The molecule has 0 unspecified atom stereocenters. The van der Waals surface area contributed by atoms with Gasteiger partial charge < -0.3 is 14.9 Å². The van der Waals surface area contributed by atoms with E-state index in [1.54, 1.807) is 0 Å². The highest BCUT2D eigenvalue weighted by Crippen LogP contribution is 1.81. The summed E-state index contributed by atoms with van der Waals surface area (Å²) in [4.78, 5) is 0. The molecule has 0 aliphatic heterocycles. The van der Waals surface area contributed by atoms with Gasteiger partial charge in [0, 0.05) is 6.61 Å². The molecule has 0 aliphatic rings. The van der Waals surface area contributed by atoms with Crippen LogP contribution in [0.15, 0.2) is 0 Å². The summed E-state index contributed by atoms with van der Waals surface area (Å²) in [7, 11) is 0. The van der Waals surface area contributed by atoms with Gasteiger partial charge in [0.2, 0.25) is 0 Å². The summed E-state index contributed by atoms with van der Waals surface area (Å²) in [6, 6.07) is 0. The van der Waals surface area contributed by atoms with Crippen LogP contribution in [0, 0.1) is 6.92 Å². The molecule has 0 atom stereocenters. The van der Waals surface area contributed by atoms with E-state index in [4.69, 9.17) is 10.2 Å². The molecule has 0 bridgehead atoms. The Morgan fingerprint density at radius 1 is 1.50 bits per heavy atom. The number of rotatable bonds is 4. The number of hydrogen-bond acceptors (Lipinski definition) is 3. The van der Waals surface area contributed by atoms with E-state index >= 15 is 0 Å². The molecule has 0 rings (SSSR count). The Hall–Kier alpha value is -0.120. The second-order valence-corrected chi connectivity index (χ2v) is 1.41. The molecule has 8 heavy (non-hydrogen) atoms. The predicted molar refractivity (Wildman–Crippen MR) is 29.0 cm³/mol. The lowest BCUT2D eigenvalue weighted by atomic mass is 10.5. The first kappa shape index (κ1) is 7.88. The Kier molecular flexibility index (Phi) is 4.95. The van der Waals surface area contributed by atoms with Crippen molar-refractivity contribution in [2.24, 2.45) is 0 Å². The van der Waals surface area contributed by atoms with Crippen LogP contribution in [0.3, 0.4) is 0 Å². The van der Waals surface area contributed by atoms with Gasteiger partial charge in [-0.05, 0) is 6.42 Å². The number of hydrogen-bond donors (Lipinski definition) is 2. The zero-order valence-electron chi connectivity index (χ0n) is 4.71. The highest BCUT2D eigenvalue weighted by atomic mass is 16.5. The smallest absolute Gasteiger partial charge is 0.175 e. The van der Waals surface area contributed by atoms with Crippen LogP contribution in [0.4, 0.5) is 0 Å². The van der Waals surface area contributed by atoms with Gasteiger partial charge in [-0.2, -0.15) is 0 Å². The van der Waals surface area contributed by atoms with E-state index in [1.165, 1.54) is 0 Å².